The lowest BCUT2D eigenvalue weighted by Gasteiger charge is -2.31. The van der Waals surface area contributed by atoms with Crippen LogP contribution < -0.4 is 10.1 Å². The van der Waals surface area contributed by atoms with Crippen molar-refractivity contribution in [1.29, 1.82) is 0 Å². The van der Waals surface area contributed by atoms with Crippen molar-refractivity contribution in [2.24, 2.45) is 5.92 Å². The predicted molar refractivity (Wildman–Crippen MR) is 134 cm³/mol. The molecular weight excluding hydrogens is 464 g/mol. The molecule has 0 saturated carbocycles. The Kier molecular flexibility index (Phi) is 7.87. The van der Waals surface area contributed by atoms with E-state index in [1.807, 2.05) is 44.2 Å². The summed E-state index contributed by atoms with van der Waals surface area (Å²) < 4.78 is 32.9. The minimum Gasteiger partial charge on any atom is -0.494 e. The molecule has 2 aromatic carbocycles. The molecule has 1 atom stereocenters. The van der Waals surface area contributed by atoms with Gasteiger partial charge in [-0.25, -0.2) is 13.4 Å². The highest BCUT2D eigenvalue weighted by molar-refractivity contribution is 7.89. The van der Waals surface area contributed by atoms with Crippen molar-refractivity contribution < 1.29 is 17.9 Å². The lowest BCUT2D eigenvalue weighted by atomic mass is 9.96. The number of piperidine rings is 1. The molecule has 0 bridgehead atoms. The smallest absolute Gasteiger partial charge is 0.243 e. The van der Waals surface area contributed by atoms with Gasteiger partial charge in [-0.05, 0) is 56.0 Å². The first kappa shape index (κ1) is 24.9. The fourth-order valence-electron chi connectivity index (χ4n) is 4.31. The number of rotatable bonds is 9. The summed E-state index contributed by atoms with van der Waals surface area (Å²) in [5, 5.41) is 3.11. The summed E-state index contributed by atoms with van der Waals surface area (Å²) in [6, 6.07) is 16.2. The van der Waals surface area contributed by atoms with Crippen LogP contribution in [0.2, 0.25) is 0 Å². The van der Waals surface area contributed by atoms with E-state index in [4.69, 9.17) is 4.74 Å². The zero-order valence-electron chi connectivity index (χ0n) is 20.1. The molecule has 1 aliphatic heterocycles. The van der Waals surface area contributed by atoms with Crippen molar-refractivity contribution in [1.82, 2.24) is 19.6 Å². The van der Waals surface area contributed by atoms with Gasteiger partial charge in [0.05, 0.1) is 29.4 Å². The molecule has 0 spiro atoms. The van der Waals surface area contributed by atoms with E-state index in [-0.39, 0.29) is 22.8 Å². The number of imidazole rings is 1. The van der Waals surface area contributed by atoms with Crippen LogP contribution in [0.15, 0.2) is 65.7 Å². The highest BCUT2D eigenvalue weighted by Gasteiger charge is 2.33. The first-order valence-corrected chi connectivity index (χ1v) is 13.5. The number of nitrogens with zero attached hydrogens (tertiary/aromatic N) is 2. The lowest BCUT2D eigenvalue weighted by molar-refractivity contribution is -0.127. The third kappa shape index (κ3) is 5.74. The van der Waals surface area contributed by atoms with E-state index in [2.05, 4.69) is 15.3 Å². The largest absolute Gasteiger partial charge is 0.494 e. The molecule has 1 saturated heterocycles. The summed E-state index contributed by atoms with van der Waals surface area (Å²) in [7, 11) is -3.61. The minimum atomic E-state index is -3.61. The van der Waals surface area contributed by atoms with E-state index in [1.165, 1.54) is 4.31 Å². The summed E-state index contributed by atoms with van der Waals surface area (Å²) in [6.45, 7) is 5.02. The summed E-state index contributed by atoms with van der Waals surface area (Å²) in [5.74, 6) is 1.06. The van der Waals surface area contributed by atoms with Crippen molar-refractivity contribution in [3.05, 3.63) is 66.6 Å². The number of nitrogens with one attached hydrogen (secondary N) is 2. The third-order valence-corrected chi connectivity index (χ3v) is 8.25. The van der Waals surface area contributed by atoms with Crippen LogP contribution in [0.4, 0.5) is 0 Å². The summed E-state index contributed by atoms with van der Waals surface area (Å²) >= 11 is 0. The van der Waals surface area contributed by atoms with Crippen LogP contribution in [0.3, 0.4) is 0 Å². The number of sulfonamides is 1. The number of aromatic nitrogens is 2. The molecule has 186 valence electrons. The highest BCUT2D eigenvalue weighted by Crippen LogP contribution is 2.27. The van der Waals surface area contributed by atoms with Crippen molar-refractivity contribution in [3.8, 4) is 17.0 Å². The Morgan fingerprint density at radius 1 is 1.11 bits per heavy atom. The number of aromatic amines is 1. The molecule has 1 amide bonds. The number of amides is 1. The lowest BCUT2D eigenvalue weighted by Crippen LogP contribution is -2.43. The van der Waals surface area contributed by atoms with E-state index < -0.39 is 10.0 Å². The SMILES string of the molecule is CCOc1ccc(S(=O)(=O)N2CCC(C(=O)NC(CC)c3ncc(-c4ccccc4)[nH]3)CC2)cc1. The Balaban J connectivity index is 1.35. The molecule has 0 aliphatic carbocycles. The average molecular weight is 497 g/mol. The second-order valence-electron chi connectivity index (χ2n) is 8.60. The molecule has 2 heterocycles. The fourth-order valence-corrected chi connectivity index (χ4v) is 5.78. The van der Waals surface area contributed by atoms with Gasteiger partial charge in [0.15, 0.2) is 0 Å². The first-order chi connectivity index (χ1) is 16.9. The maximum atomic E-state index is 13.0. The van der Waals surface area contributed by atoms with Crippen LogP contribution >= 0.6 is 0 Å². The number of benzene rings is 2. The molecule has 0 radical (unpaired) electrons. The number of ether oxygens (including phenoxy) is 1. The monoisotopic (exact) mass is 496 g/mol. The molecule has 4 rings (SSSR count). The molecule has 3 aromatic rings. The Morgan fingerprint density at radius 2 is 1.80 bits per heavy atom. The molecule has 1 aliphatic rings. The molecule has 1 fully saturated rings. The van der Waals surface area contributed by atoms with Gasteiger partial charge in [-0.15, -0.1) is 0 Å². The summed E-state index contributed by atoms with van der Waals surface area (Å²) in [4.78, 5) is 21.1. The molecule has 8 nitrogen and oxygen atoms in total. The number of H-pyrrole nitrogens is 1. The Labute approximate surface area is 206 Å². The summed E-state index contributed by atoms with van der Waals surface area (Å²) in [5.41, 5.74) is 1.94. The summed E-state index contributed by atoms with van der Waals surface area (Å²) in [6.07, 6.45) is 3.43. The van der Waals surface area contributed by atoms with Crippen LogP contribution in [-0.2, 0) is 14.8 Å². The third-order valence-electron chi connectivity index (χ3n) is 6.33. The zero-order valence-corrected chi connectivity index (χ0v) is 20.9. The van der Waals surface area contributed by atoms with Crippen LogP contribution in [0.5, 0.6) is 5.75 Å². The van der Waals surface area contributed by atoms with Gasteiger partial charge < -0.3 is 15.0 Å². The average Bonchev–Trinajstić information content (AvgIpc) is 3.38. The predicted octanol–water partition coefficient (Wildman–Crippen LogP) is 4.14. The maximum Gasteiger partial charge on any atom is 0.243 e. The van der Waals surface area contributed by atoms with E-state index >= 15 is 0 Å². The number of hydrogen-bond acceptors (Lipinski definition) is 5. The van der Waals surface area contributed by atoms with Crippen molar-refractivity contribution in [3.63, 3.8) is 0 Å². The Hall–Kier alpha value is -3.17. The van der Waals surface area contributed by atoms with Gasteiger partial charge in [0.1, 0.15) is 11.6 Å². The van der Waals surface area contributed by atoms with Crippen LogP contribution in [0.25, 0.3) is 11.3 Å². The highest BCUT2D eigenvalue weighted by atomic mass is 32.2. The topological polar surface area (TPSA) is 104 Å². The van der Waals surface area contributed by atoms with E-state index in [9.17, 15) is 13.2 Å². The van der Waals surface area contributed by atoms with Gasteiger partial charge in [-0.2, -0.15) is 4.31 Å². The van der Waals surface area contributed by atoms with Crippen LogP contribution in [0.1, 0.15) is 45.0 Å². The Morgan fingerprint density at radius 3 is 2.43 bits per heavy atom. The number of hydrogen-bond donors (Lipinski definition) is 2. The molecule has 1 unspecified atom stereocenters. The zero-order chi connectivity index (χ0) is 24.8. The van der Waals surface area contributed by atoms with Crippen molar-refractivity contribution in [2.75, 3.05) is 19.7 Å². The quantitative estimate of drug-likeness (QED) is 0.463. The van der Waals surface area contributed by atoms with Gasteiger partial charge in [0.25, 0.3) is 0 Å². The molecule has 2 N–H and O–H groups in total. The van der Waals surface area contributed by atoms with Crippen LogP contribution in [0, 0.1) is 5.92 Å². The molecule has 35 heavy (non-hydrogen) atoms. The fraction of sp³-hybridized carbons (Fsp3) is 0.385. The maximum absolute atomic E-state index is 13.0. The van der Waals surface area contributed by atoms with Gasteiger partial charge >= 0.3 is 0 Å². The normalized spacial score (nSPS) is 16.1. The standard InChI is InChI=1S/C26H32N4O4S/c1-3-23(25-27-18-24(28-25)19-8-6-5-7-9-19)29-26(31)20-14-16-30(17-15-20)35(32,33)22-12-10-21(11-13-22)34-4-2/h5-13,18,20,23H,3-4,14-17H2,1-2H3,(H,27,28)(H,29,31). The first-order valence-electron chi connectivity index (χ1n) is 12.1. The van der Waals surface area contributed by atoms with Crippen molar-refractivity contribution in [2.45, 2.75) is 44.0 Å². The molecule has 1 aromatic heterocycles. The molecular formula is C26H32N4O4S. The minimum absolute atomic E-state index is 0.0624. The van der Waals surface area contributed by atoms with Crippen molar-refractivity contribution >= 4 is 15.9 Å². The second-order valence-corrected chi connectivity index (χ2v) is 10.5. The van der Waals surface area contributed by atoms with Gasteiger partial charge in [0, 0.05) is 19.0 Å². The molecule has 9 heteroatoms. The number of carbonyl (C=O) groups is 1. The van der Waals surface area contributed by atoms with E-state index in [1.54, 1.807) is 30.5 Å². The van der Waals surface area contributed by atoms with E-state index in [0.29, 0.717) is 44.7 Å². The second kappa shape index (κ2) is 11.0. The van der Waals surface area contributed by atoms with Gasteiger partial charge in [-0.3, -0.25) is 4.79 Å². The van der Waals surface area contributed by atoms with Crippen LogP contribution in [-0.4, -0.2) is 48.3 Å². The Bertz CT molecular complexity index is 1220. The van der Waals surface area contributed by atoms with E-state index in [0.717, 1.165) is 17.1 Å². The van der Waals surface area contributed by atoms with Gasteiger partial charge in [-0.1, -0.05) is 37.3 Å². The number of carbonyl (C=O) groups excluding carboxylic acids is 1. The van der Waals surface area contributed by atoms with Gasteiger partial charge in [0.2, 0.25) is 15.9 Å².